The van der Waals surface area contributed by atoms with Crippen molar-refractivity contribution in [2.75, 3.05) is 6.54 Å². The lowest BCUT2D eigenvalue weighted by Crippen LogP contribution is -2.09. The first kappa shape index (κ1) is 9.16. The molecule has 2 nitrogen and oxygen atoms in total. The second-order valence-electron chi connectivity index (χ2n) is 2.53. The molecule has 1 rings (SSSR count). The summed E-state index contributed by atoms with van der Waals surface area (Å²) in [5.41, 5.74) is 6.62. The molecule has 0 bridgehead atoms. The van der Waals surface area contributed by atoms with Gasteiger partial charge in [-0.2, -0.15) is 0 Å². The quantitative estimate of drug-likeness (QED) is 0.854. The van der Waals surface area contributed by atoms with Gasteiger partial charge in [0.1, 0.15) is 0 Å². The molecular formula is C7H11BrN2S. The summed E-state index contributed by atoms with van der Waals surface area (Å²) in [5, 5.41) is 1.09. The second-order valence-corrected chi connectivity index (χ2v) is 5.05. The van der Waals surface area contributed by atoms with Gasteiger partial charge in [-0.25, -0.2) is 4.98 Å². The predicted octanol–water partition coefficient (Wildman–Crippen LogP) is 2.28. The standard InChI is InChI=1S/C7H11BrN2S/c1-4(3-9)6-7(8)11-5(2)10-6/h4H,3,9H2,1-2H3. The van der Waals surface area contributed by atoms with Crippen LogP contribution in [0.25, 0.3) is 0 Å². The minimum atomic E-state index is 0.356. The van der Waals surface area contributed by atoms with Crippen LogP contribution in [0.4, 0.5) is 0 Å². The fourth-order valence-corrected chi connectivity index (χ4v) is 2.77. The lowest BCUT2D eigenvalue weighted by Gasteiger charge is -2.03. The first-order valence-corrected chi connectivity index (χ1v) is 5.09. The molecule has 62 valence electrons. The van der Waals surface area contributed by atoms with E-state index in [0.717, 1.165) is 14.5 Å². The molecule has 0 aliphatic carbocycles. The molecule has 0 aromatic carbocycles. The van der Waals surface area contributed by atoms with Crippen molar-refractivity contribution in [3.05, 3.63) is 14.5 Å². The molecule has 11 heavy (non-hydrogen) atoms. The third-order valence-electron chi connectivity index (χ3n) is 1.54. The Morgan fingerprint density at radius 1 is 1.73 bits per heavy atom. The maximum atomic E-state index is 5.53. The molecule has 0 amide bonds. The summed E-state index contributed by atoms with van der Waals surface area (Å²) in [4.78, 5) is 4.37. The Morgan fingerprint density at radius 2 is 2.36 bits per heavy atom. The van der Waals surface area contributed by atoms with Crippen LogP contribution in [0, 0.1) is 6.92 Å². The van der Waals surface area contributed by atoms with Gasteiger partial charge in [0.2, 0.25) is 0 Å². The smallest absolute Gasteiger partial charge is 0.0934 e. The summed E-state index contributed by atoms with van der Waals surface area (Å²) in [6, 6.07) is 0. The van der Waals surface area contributed by atoms with Crippen LogP contribution >= 0.6 is 27.3 Å². The molecule has 0 saturated carbocycles. The Morgan fingerprint density at radius 3 is 2.73 bits per heavy atom. The third kappa shape index (κ3) is 2.01. The summed E-state index contributed by atoms with van der Waals surface area (Å²) in [5.74, 6) is 0.356. The van der Waals surface area contributed by atoms with E-state index in [-0.39, 0.29) is 0 Å². The van der Waals surface area contributed by atoms with E-state index in [1.165, 1.54) is 0 Å². The highest BCUT2D eigenvalue weighted by Crippen LogP contribution is 2.29. The first-order chi connectivity index (χ1) is 5.15. The molecule has 2 N–H and O–H groups in total. The van der Waals surface area contributed by atoms with Crippen LogP contribution in [0.1, 0.15) is 23.5 Å². The predicted molar refractivity (Wildman–Crippen MR) is 52.0 cm³/mol. The average Bonchev–Trinajstić information content (AvgIpc) is 2.28. The van der Waals surface area contributed by atoms with Crippen molar-refractivity contribution in [2.45, 2.75) is 19.8 Å². The highest BCUT2D eigenvalue weighted by atomic mass is 79.9. The summed E-state index contributed by atoms with van der Waals surface area (Å²) in [6.07, 6.45) is 0. The van der Waals surface area contributed by atoms with Gasteiger partial charge in [-0.1, -0.05) is 6.92 Å². The Balaban J connectivity index is 2.93. The van der Waals surface area contributed by atoms with Crippen LogP contribution in [0.2, 0.25) is 0 Å². The Bertz CT molecular complexity index is 247. The third-order valence-corrected chi connectivity index (χ3v) is 3.20. The molecule has 0 saturated heterocycles. The summed E-state index contributed by atoms with van der Waals surface area (Å²) < 4.78 is 1.12. The molecule has 1 aromatic rings. The van der Waals surface area contributed by atoms with Gasteiger partial charge >= 0.3 is 0 Å². The average molecular weight is 235 g/mol. The van der Waals surface area contributed by atoms with Crippen LogP contribution in [-0.4, -0.2) is 11.5 Å². The fraction of sp³-hybridized carbons (Fsp3) is 0.571. The highest BCUT2D eigenvalue weighted by Gasteiger charge is 2.11. The van der Waals surface area contributed by atoms with E-state index in [9.17, 15) is 0 Å². The number of hydrogen-bond donors (Lipinski definition) is 1. The number of rotatable bonds is 2. The fourth-order valence-electron chi connectivity index (χ4n) is 0.834. The van der Waals surface area contributed by atoms with Crippen LogP contribution in [0.3, 0.4) is 0 Å². The number of aromatic nitrogens is 1. The SMILES string of the molecule is Cc1nc(C(C)CN)c(Br)s1. The number of thiazole rings is 1. The highest BCUT2D eigenvalue weighted by molar-refractivity contribution is 9.11. The van der Waals surface area contributed by atoms with Crippen LogP contribution < -0.4 is 5.73 Å². The molecule has 1 atom stereocenters. The summed E-state index contributed by atoms with van der Waals surface area (Å²) in [6.45, 7) is 4.74. The molecule has 0 aliphatic heterocycles. The van der Waals surface area contributed by atoms with Crippen LogP contribution in [-0.2, 0) is 0 Å². The van der Waals surface area contributed by atoms with Crippen molar-refractivity contribution < 1.29 is 0 Å². The minimum Gasteiger partial charge on any atom is -0.330 e. The maximum Gasteiger partial charge on any atom is 0.0934 e. The van der Waals surface area contributed by atoms with Gasteiger partial charge in [0.05, 0.1) is 14.5 Å². The van der Waals surface area contributed by atoms with Crippen molar-refractivity contribution in [2.24, 2.45) is 5.73 Å². The topological polar surface area (TPSA) is 38.9 Å². The van der Waals surface area contributed by atoms with Crippen molar-refractivity contribution >= 4 is 27.3 Å². The van der Waals surface area contributed by atoms with Gasteiger partial charge in [-0.15, -0.1) is 11.3 Å². The second kappa shape index (κ2) is 3.65. The van der Waals surface area contributed by atoms with Crippen molar-refractivity contribution in [3.8, 4) is 0 Å². The lowest BCUT2D eigenvalue weighted by atomic mass is 10.1. The van der Waals surface area contributed by atoms with Gasteiger partial charge in [-0.3, -0.25) is 0 Å². The monoisotopic (exact) mass is 234 g/mol. The molecule has 0 fully saturated rings. The number of nitrogens with two attached hydrogens (primary N) is 1. The van der Waals surface area contributed by atoms with Crippen LogP contribution in [0.5, 0.6) is 0 Å². The molecule has 1 aromatic heterocycles. The van der Waals surface area contributed by atoms with Gasteiger partial charge in [0.25, 0.3) is 0 Å². The Hall–Kier alpha value is 0.0700. The number of hydrogen-bond acceptors (Lipinski definition) is 3. The molecule has 0 radical (unpaired) electrons. The zero-order valence-electron chi connectivity index (χ0n) is 6.60. The molecule has 4 heteroatoms. The van der Waals surface area contributed by atoms with Gasteiger partial charge in [-0.05, 0) is 22.9 Å². The zero-order chi connectivity index (χ0) is 8.43. The van der Waals surface area contributed by atoms with E-state index in [1.807, 2.05) is 6.92 Å². The van der Waals surface area contributed by atoms with E-state index in [1.54, 1.807) is 11.3 Å². The number of nitrogens with zero attached hydrogens (tertiary/aromatic N) is 1. The molecule has 1 heterocycles. The molecule has 1 unspecified atom stereocenters. The zero-order valence-corrected chi connectivity index (χ0v) is 9.00. The maximum absolute atomic E-state index is 5.53. The van der Waals surface area contributed by atoms with Crippen LogP contribution in [0.15, 0.2) is 3.79 Å². The van der Waals surface area contributed by atoms with E-state index in [0.29, 0.717) is 12.5 Å². The van der Waals surface area contributed by atoms with Crippen molar-refractivity contribution in [1.82, 2.24) is 4.98 Å². The normalized spacial score (nSPS) is 13.5. The van der Waals surface area contributed by atoms with Gasteiger partial charge < -0.3 is 5.73 Å². The summed E-state index contributed by atoms with van der Waals surface area (Å²) in [7, 11) is 0. The number of halogens is 1. The van der Waals surface area contributed by atoms with Gasteiger partial charge in [0.15, 0.2) is 0 Å². The van der Waals surface area contributed by atoms with E-state index >= 15 is 0 Å². The van der Waals surface area contributed by atoms with E-state index in [2.05, 4.69) is 27.8 Å². The van der Waals surface area contributed by atoms with E-state index < -0.39 is 0 Å². The Kier molecular flexibility index (Phi) is 3.04. The number of aryl methyl sites for hydroxylation is 1. The molecule has 0 aliphatic rings. The molecule has 0 spiro atoms. The largest absolute Gasteiger partial charge is 0.330 e. The van der Waals surface area contributed by atoms with E-state index in [4.69, 9.17) is 5.73 Å². The minimum absolute atomic E-state index is 0.356. The lowest BCUT2D eigenvalue weighted by molar-refractivity contribution is 0.746. The summed E-state index contributed by atoms with van der Waals surface area (Å²) >= 11 is 5.12. The van der Waals surface area contributed by atoms with Crippen molar-refractivity contribution in [1.29, 1.82) is 0 Å². The van der Waals surface area contributed by atoms with Gasteiger partial charge in [0, 0.05) is 12.5 Å². The van der Waals surface area contributed by atoms with Crippen molar-refractivity contribution in [3.63, 3.8) is 0 Å². The Labute approximate surface area is 79.0 Å². The first-order valence-electron chi connectivity index (χ1n) is 3.48. The molecular weight excluding hydrogens is 224 g/mol.